The fourth-order valence-electron chi connectivity index (χ4n) is 3.07. The number of carbonyl (C=O) groups is 2. The lowest BCUT2D eigenvalue weighted by atomic mass is 10.0. The summed E-state index contributed by atoms with van der Waals surface area (Å²) in [5.74, 6) is -0.235. The highest BCUT2D eigenvalue weighted by atomic mass is 32.2. The molecular weight excluding hydrogens is 366 g/mol. The van der Waals surface area contributed by atoms with Gasteiger partial charge in [0.15, 0.2) is 0 Å². The summed E-state index contributed by atoms with van der Waals surface area (Å²) in [6.45, 7) is 2.37. The molecule has 0 radical (unpaired) electrons. The van der Waals surface area contributed by atoms with Crippen molar-refractivity contribution in [3.05, 3.63) is 100 Å². The van der Waals surface area contributed by atoms with Gasteiger partial charge >= 0.3 is 0 Å². The van der Waals surface area contributed by atoms with Crippen LogP contribution < -0.4 is 0 Å². The molecule has 3 nitrogen and oxygen atoms in total. The molecule has 4 rings (SSSR count). The second-order valence-electron chi connectivity index (χ2n) is 6.74. The van der Waals surface area contributed by atoms with Gasteiger partial charge in [0.2, 0.25) is 0 Å². The zero-order chi connectivity index (χ0) is 19.5. The van der Waals surface area contributed by atoms with E-state index in [0.29, 0.717) is 11.4 Å². The molecular formula is C24H19NO2S. The molecule has 0 saturated carbocycles. The van der Waals surface area contributed by atoms with Crippen molar-refractivity contribution in [2.45, 2.75) is 13.5 Å². The molecule has 0 N–H and O–H groups in total. The first-order valence-electron chi connectivity index (χ1n) is 9.06. The number of amides is 2. The molecule has 3 aromatic rings. The van der Waals surface area contributed by atoms with Crippen LogP contribution in [0.15, 0.2) is 83.8 Å². The number of carbonyl (C=O) groups excluding carboxylic acids is 2. The van der Waals surface area contributed by atoms with E-state index in [1.54, 1.807) is 6.08 Å². The molecule has 0 atom stereocenters. The first-order valence-corrected chi connectivity index (χ1v) is 9.88. The zero-order valence-electron chi connectivity index (χ0n) is 15.5. The Morgan fingerprint density at radius 1 is 0.821 bits per heavy atom. The van der Waals surface area contributed by atoms with Crippen molar-refractivity contribution in [2.24, 2.45) is 0 Å². The van der Waals surface area contributed by atoms with Crippen LogP contribution in [0.1, 0.15) is 16.7 Å². The van der Waals surface area contributed by atoms with E-state index in [9.17, 15) is 9.59 Å². The van der Waals surface area contributed by atoms with Gasteiger partial charge in [0.1, 0.15) is 0 Å². The second-order valence-corrected chi connectivity index (χ2v) is 7.73. The highest BCUT2D eigenvalue weighted by Crippen LogP contribution is 2.33. The molecule has 1 fully saturated rings. The number of hydrogen-bond acceptors (Lipinski definition) is 3. The minimum absolute atomic E-state index is 0.226. The van der Waals surface area contributed by atoms with E-state index in [-0.39, 0.29) is 11.1 Å². The average molecular weight is 385 g/mol. The first-order chi connectivity index (χ1) is 13.6. The molecule has 3 aromatic carbocycles. The summed E-state index contributed by atoms with van der Waals surface area (Å²) in [6, 6.07) is 25.9. The van der Waals surface area contributed by atoms with E-state index in [1.807, 2.05) is 54.6 Å². The molecule has 1 aliphatic rings. The van der Waals surface area contributed by atoms with Gasteiger partial charge in [-0.05, 0) is 47.0 Å². The van der Waals surface area contributed by atoms with Crippen LogP contribution in [0.2, 0.25) is 0 Å². The first kappa shape index (κ1) is 18.3. The van der Waals surface area contributed by atoms with Gasteiger partial charge in [0.05, 0.1) is 11.4 Å². The maximum atomic E-state index is 12.7. The van der Waals surface area contributed by atoms with Crippen molar-refractivity contribution in [1.29, 1.82) is 0 Å². The minimum Gasteiger partial charge on any atom is -0.268 e. The van der Waals surface area contributed by atoms with Crippen molar-refractivity contribution in [3.8, 4) is 11.1 Å². The highest BCUT2D eigenvalue weighted by Gasteiger charge is 2.34. The van der Waals surface area contributed by atoms with E-state index in [1.165, 1.54) is 10.5 Å². The van der Waals surface area contributed by atoms with Crippen LogP contribution in [0, 0.1) is 6.92 Å². The van der Waals surface area contributed by atoms with Crippen molar-refractivity contribution in [1.82, 2.24) is 4.90 Å². The van der Waals surface area contributed by atoms with E-state index in [2.05, 4.69) is 31.2 Å². The van der Waals surface area contributed by atoms with Gasteiger partial charge in [-0.2, -0.15) is 0 Å². The van der Waals surface area contributed by atoms with Crippen LogP contribution in [-0.4, -0.2) is 16.0 Å². The van der Waals surface area contributed by atoms with Crippen LogP contribution in [0.25, 0.3) is 17.2 Å². The SMILES string of the molecule is Cc1ccc(-c2ccc(/C=C3\SC(=O)N(Cc4ccccc4)C3=O)cc2)cc1. The lowest BCUT2D eigenvalue weighted by molar-refractivity contribution is -0.123. The highest BCUT2D eigenvalue weighted by molar-refractivity contribution is 8.18. The Morgan fingerprint density at radius 2 is 1.43 bits per heavy atom. The lowest BCUT2D eigenvalue weighted by Gasteiger charge is -2.12. The fraction of sp³-hybridized carbons (Fsp3) is 0.0833. The summed E-state index contributed by atoms with van der Waals surface area (Å²) < 4.78 is 0. The van der Waals surface area contributed by atoms with Crippen molar-refractivity contribution >= 4 is 29.0 Å². The van der Waals surface area contributed by atoms with Crippen molar-refractivity contribution in [2.75, 3.05) is 0 Å². The van der Waals surface area contributed by atoms with E-state index >= 15 is 0 Å². The third-order valence-electron chi connectivity index (χ3n) is 4.65. The second kappa shape index (κ2) is 7.87. The molecule has 0 unspecified atom stereocenters. The van der Waals surface area contributed by atoms with Crippen LogP contribution >= 0.6 is 11.8 Å². The molecule has 0 bridgehead atoms. The third-order valence-corrected chi connectivity index (χ3v) is 5.56. The van der Waals surface area contributed by atoms with Crippen LogP contribution in [-0.2, 0) is 11.3 Å². The summed E-state index contributed by atoms with van der Waals surface area (Å²) in [5.41, 5.74) is 5.34. The van der Waals surface area contributed by atoms with Crippen LogP contribution in [0.3, 0.4) is 0 Å². The molecule has 0 aliphatic carbocycles. The number of nitrogens with zero attached hydrogens (tertiary/aromatic N) is 1. The Bertz CT molecular complexity index is 1040. The number of benzene rings is 3. The number of hydrogen-bond donors (Lipinski definition) is 0. The van der Waals surface area contributed by atoms with Gasteiger partial charge < -0.3 is 0 Å². The zero-order valence-corrected chi connectivity index (χ0v) is 16.3. The number of aryl methyl sites for hydroxylation is 1. The summed E-state index contributed by atoms with van der Waals surface area (Å²) >= 11 is 0.997. The number of imide groups is 1. The molecule has 0 aromatic heterocycles. The molecule has 1 heterocycles. The van der Waals surface area contributed by atoms with E-state index in [4.69, 9.17) is 0 Å². The van der Waals surface area contributed by atoms with Crippen molar-refractivity contribution in [3.63, 3.8) is 0 Å². The Labute approximate surface area is 168 Å². The number of thioether (sulfide) groups is 1. The largest absolute Gasteiger partial charge is 0.293 e. The summed E-state index contributed by atoms with van der Waals surface area (Å²) in [4.78, 5) is 26.7. The topological polar surface area (TPSA) is 37.4 Å². The maximum absolute atomic E-state index is 12.7. The fourth-order valence-corrected chi connectivity index (χ4v) is 3.91. The van der Waals surface area contributed by atoms with Gasteiger partial charge in [-0.1, -0.05) is 84.4 Å². The van der Waals surface area contributed by atoms with Gasteiger partial charge in [-0.25, -0.2) is 0 Å². The molecule has 28 heavy (non-hydrogen) atoms. The van der Waals surface area contributed by atoms with E-state index in [0.717, 1.165) is 34.0 Å². The molecule has 2 amide bonds. The van der Waals surface area contributed by atoms with Gasteiger partial charge in [-0.3, -0.25) is 14.5 Å². The Balaban J connectivity index is 1.51. The molecule has 0 spiro atoms. The quantitative estimate of drug-likeness (QED) is 0.525. The van der Waals surface area contributed by atoms with Crippen LogP contribution in [0.4, 0.5) is 4.79 Å². The predicted octanol–water partition coefficient (Wildman–Crippen LogP) is 5.90. The molecule has 1 aliphatic heterocycles. The summed E-state index contributed by atoms with van der Waals surface area (Å²) in [5, 5.41) is -0.226. The predicted molar refractivity (Wildman–Crippen MR) is 115 cm³/mol. The lowest BCUT2D eigenvalue weighted by Crippen LogP contribution is -2.27. The standard InChI is InChI=1S/C24H19NO2S/c1-17-7-11-20(12-8-17)21-13-9-18(10-14-21)15-22-23(26)25(24(27)28-22)16-19-5-3-2-4-6-19/h2-15H,16H2,1H3/b22-15-. The third kappa shape index (κ3) is 3.92. The Kier molecular flexibility index (Phi) is 5.13. The van der Waals surface area contributed by atoms with Gasteiger partial charge in [0, 0.05) is 0 Å². The monoisotopic (exact) mass is 385 g/mol. The smallest absolute Gasteiger partial charge is 0.268 e. The van der Waals surface area contributed by atoms with Crippen molar-refractivity contribution < 1.29 is 9.59 Å². The Morgan fingerprint density at radius 3 is 2.07 bits per heavy atom. The van der Waals surface area contributed by atoms with Gasteiger partial charge in [0.25, 0.3) is 11.1 Å². The molecule has 1 saturated heterocycles. The number of rotatable bonds is 4. The normalized spacial score (nSPS) is 15.5. The average Bonchev–Trinajstić information content (AvgIpc) is 2.97. The van der Waals surface area contributed by atoms with Gasteiger partial charge in [-0.15, -0.1) is 0 Å². The van der Waals surface area contributed by atoms with Crippen LogP contribution in [0.5, 0.6) is 0 Å². The minimum atomic E-state index is -0.235. The summed E-state index contributed by atoms with van der Waals surface area (Å²) in [7, 11) is 0. The summed E-state index contributed by atoms with van der Waals surface area (Å²) in [6.07, 6.45) is 1.79. The Hall–Kier alpha value is -3.11. The molecule has 4 heteroatoms. The van der Waals surface area contributed by atoms with E-state index < -0.39 is 0 Å². The maximum Gasteiger partial charge on any atom is 0.293 e. The molecule has 138 valence electrons.